The lowest BCUT2D eigenvalue weighted by Gasteiger charge is -2.37. The van der Waals surface area contributed by atoms with Crippen LogP contribution in [0, 0.1) is 5.41 Å². The Labute approximate surface area is 151 Å². The first kappa shape index (κ1) is 19.3. The van der Waals surface area contributed by atoms with Gasteiger partial charge in [0, 0.05) is 50.4 Å². The maximum atomic E-state index is 12.3. The van der Waals surface area contributed by atoms with Crippen LogP contribution < -0.4 is 10.2 Å². The van der Waals surface area contributed by atoms with E-state index in [4.69, 9.17) is 0 Å². The van der Waals surface area contributed by atoms with E-state index >= 15 is 0 Å². The second-order valence-electron chi connectivity index (χ2n) is 7.95. The Balaban J connectivity index is 1.86. The Hall–Kier alpha value is -2.04. The largest absolute Gasteiger partial charge is 0.368 e. The molecule has 1 fully saturated rings. The van der Waals surface area contributed by atoms with Gasteiger partial charge in [0.25, 0.3) is 0 Å². The molecule has 1 aliphatic heterocycles. The molecule has 1 aliphatic rings. The number of hydrogen-bond donors (Lipinski definition) is 1. The van der Waals surface area contributed by atoms with Gasteiger partial charge in [-0.05, 0) is 36.1 Å². The van der Waals surface area contributed by atoms with Crippen molar-refractivity contribution in [3.8, 4) is 0 Å². The summed E-state index contributed by atoms with van der Waals surface area (Å²) in [5.74, 6) is 0.308. The zero-order valence-corrected chi connectivity index (χ0v) is 16.0. The Kier molecular flexibility index (Phi) is 6.45. The highest BCUT2D eigenvalue weighted by molar-refractivity contribution is 5.90. The predicted molar refractivity (Wildman–Crippen MR) is 103 cm³/mol. The van der Waals surface area contributed by atoms with Gasteiger partial charge in [-0.25, -0.2) is 0 Å². The summed E-state index contributed by atoms with van der Waals surface area (Å²) in [7, 11) is 0. The van der Waals surface area contributed by atoms with Gasteiger partial charge in [-0.15, -0.1) is 0 Å². The number of carbonyl (C=O) groups is 2. The van der Waals surface area contributed by atoms with Crippen LogP contribution in [0.1, 0.15) is 47.0 Å². The third-order valence-electron chi connectivity index (χ3n) is 4.31. The van der Waals surface area contributed by atoms with E-state index in [1.165, 1.54) is 0 Å². The van der Waals surface area contributed by atoms with Gasteiger partial charge in [-0.3, -0.25) is 9.59 Å². The summed E-state index contributed by atoms with van der Waals surface area (Å²) >= 11 is 0. The van der Waals surface area contributed by atoms with Crippen LogP contribution >= 0.6 is 0 Å². The van der Waals surface area contributed by atoms with Gasteiger partial charge in [0.05, 0.1) is 0 Å². The Morgan fingerprint density at radius 2 is 1.64 bits per heavy atom. The minimum Gasteiger partial charge on any atom is -0.368 e. The average Bonchev–Trinajstić information content (AvgIpc) is 2.54. The highest BCUT2D eigenvalue weighted by Crippen LogP contribution is 2.23. The van der Waals surface area contributed by atoms with Crippen molar-refractivity contribution < 1.29 is 9.59 Å². The fraction of sp³-hybridized carbons (Fsp3) is 0.600. The van der Waals surface area contributed by atoms with E-state index in [1.54, 1.807) is 0 Å². The van der Waals surface area contributed by atoms with Crippen molar-refractivity contribution in [2.24, 2.45) is 5.41 Å². The molecule has 0 atom stereocenters. The number of benzene rings is 1. The van der Waals surface area contributed by atoms with Gasteiger partial charge < -0.3 is 15.1 Å². The number of hydrogen-bond acceptors (Lipinski definition) is 3. The van der Waals surface area contributed by atoms with Crippen molar-refractivity contribution in [1.82, 2.24) is 4.90 Å². The van der Waals surface area contributed by atoms with Crippen LogP contribution in [0.4, 0.5) is 11.4 Å². The van der Waals surface area contributed by atoms with E-state index in [0.717, 1.165) is 44.0 Å². The highest BCUT2D eigenvalue weighted by atomic mass is 16.2. The maximum absolute atomic E-state index is 12.3. The quantitative estimate of drug-likeness (QED) is 0.888. The van der Waals surface area contributed by atoms with Gasteiger partial charge in [0.1, 0.15) is 0 Å². The Morgan fingerprint density at radius 1 is 1.04 bits per heavy atom. The molecule has 1 N–H and O–H groups in total. The molecule has 25 heavy (non-hydrogen) atoms. The van der Waals surface area contributed by atoms with Crippen LogP contribution in [0.25, 0.3) is 0 Å². The Bertz CT molecular complexity index is 582. The number of anilines is 2. The minimum atomic E-state index is 0.0340. The summed E-state index contributed by atoms with van der Waals surface area (Å²) in [5, 5.41) is 2.91. The molecule has 2 amide bonds. The van der Waals surface area contributed by atoms with E-state index in [-0.39, 0.29) is 17.2 Å². The van der Waals surface area contributed by atoms with Gasteiger partial charge in [0.15, 0.2) is 0 Å². The molecule has 5 heteroatoms. The van der Waals surface area contributed by atoms with Gasteiger partial charge >= 0.3 is 0 Å². The molecule has 1 aromatic carbocycles. The number of rotatable bonds is 5. The van der Waals surface area contributed by atoms with Crippen LogP contribution in [0.5, 0.6) is 0 Å². The summed E-state index contributed by atoms with van der Waals surface area (Å²) in [6.45, 7) is 11.5. The standard InChI is InChI=1S/C20H31N3O2/c1-5-6-18(24)21-16-7-9-17(10-8-16)22-11-13-23(14-12-22)19(25)15-20(2,3)4/h7-10H,5-6,11-15H2,1-4H3,(H,21,24). The summed E-state index contributed by atoms with van der Waals surface area (Å²) in [6.07, 6.45) is 1.99. The van der Waals surface area contributed by atoms with Gasteiger partial charge in [0.2, 0.25) is 11.8 Å². The fourth-order valence-electron chi connectivity index (χ4n) is 2.99. The van der Waals surface area contributed by atoms with Crippen LogP contribution in [-0.4, -0.2) is 42.9 Å². The molecule has 0 bridgehead atoms. The molecule has 138 valence electrons. The molecule has 0 radical (unpaired) electrons. The number of nitrogens with one attached hydrogen (secondary N) is 1. The van der Waals surface area contributed by atoms with Crippen molar-refractivity contribution >= 4 is 23.2 Å². The number of nitrogens with zero attached hydrogens (tertiary/aromatic N) is 2. The van der Waals surface area contributed by atoms with Crippen LogP contribution in [0.3, 0.4) is 0 Å². The molecule has 1 heterocycles. The zero-order valence-electron chi connectivity index (χ0n) is 16.0. The molecule has 5 nitrogen and oxygen atoms in total. The predicted octanol–water partition coefficient (Wildman–Crippen LogP) is 3.51. The molecule has 0 spiro atoms. The molecule has 2 rings (SSSR count). The second-order valence-corrected chi connectivity index (χ2v) is 7.95. The third-order valence-corrected chi connectivity index (χ3v) is 4.31. The number of piperazine rings is 1. The first-order chi connectivity index (χ1) is 11.8. The van der Waals surface area contributed by atoms with Crippen LogP contribution in [0.15, 0.2) is 24.3 Å². The van der Waals surface area contributed by atoms with E-state index in [1.807, 2.05) is 36.1 Å². The van der Waals surface area contributed by atoms with Crippen molar-refractivity contribution in [3.05, 3.63) is 24.3 Å². The van der Waals surface area contributed by atoms with E-state index < -0.39 is 0 Å². The van der Waals surface area contributed by atoms with Gasteiger partial charge in [-0.2, -0.15) is 0 Å². The molecular weight excluding hydrogens is 314 g/mol. The number of amides is 2. The Morgan fingerprint density at radius 3 is 2.16 bits per heavy atom. The van der Waals surface area contributed by atoms with Crippen molar-refractivity contribution in [2.45, 2.75) is 47.0 Å². The maximum Gasteiger partial charge on any atom is 0.224 e. The third kappa shape index (κ3) is 6.07. The normalized spacial score (nSPS) is 15.2. The lowest BCUT2D eigenvalue weighted by atomic mass is 9.91. The summed E-state index contributed by atoms with van der Waals surface area (Å²) in [4.78, 5) is 28.2. The molecule has 1 saturated heterocycles. The highest BCUT2D eigenvalue weighted by Gasteiger charge is 2.24. The zero-order chi connectivity index (χ0) is 18.4. The SMILES string of the molecule is CCCC(=O)Nc1ccc(N2CCN(C(=O)CC(C)(C)C)CC2)cc1. The average molecular weight is 345 g/mol. The molecule has 0 saturated carbocycles. The summed E-state index contributed by atoms with van der Waals surface area (Å²) < 4.78 is 0. The molecule has 0 unspecified atom stereocenters. The molecular formula is C20H31N3O2. The summed E-state index contributed by atoms with van der Waals surface area (Å²) in [6, 6.07) is 7.96. The topological polar surface area (TPSA) is 52.7 Å². The molecule has 0 aliphatic carbocycles. The van der Waals surface area contributed by atoms with Crippen LogP contribution in [0.2, 0.25) is 0 Å². The molecule has 0 aromatic heterocycles. The van der Waals surface area contributed by atoms with Crippen LogP contribution in [-0.2, 0) is 9.59 Å². The van der Waals surface area contributed by atoms with E-state index in [0.29, 0.717) is 12.8 Å². The van der Waals surface area contributed by atoms with Gasteiger partial charge in [-0.1, -0.05) is 27.7 Å². The second kappa shape index (κ2) is 8.37. The lowest BCUT2D eigenvalue weighted by molar-refractivity contribution is -0.133. The first-order valence-corrected chi connectivity index (χ1v) is 9.21. The summed E-state index contributed by atoms with van der Waals surface area (Å²) in [5.41, 5.74) is 2.00. The first-order valence-electron chi connectivity index (χ1n) is 9.21. The molecule has 1 aromatic rings. The van der Waals surface area contributed by atoms with Crippen molar-refractivity contribution in [2.75, 3.05) is 36.4 Å². The van der Waals surface area contributed by atoms with E-state index in [9.17, 15) is 9.59 Å². The van der Waals surface area contributed by atoms with Crippen molar-refractivity contribution in [1.29, 1.82) is 0 Å². The lowest BCUT2D eigenvalue weighted by Crippen LogP contribution is -2.49. The smallest absolute Gasteiger partial charge is 0.224 e. The minimum absolute atomic E-state index is 0.0340. The van der Waals surface area contributed by atoms with Crippen molar-refractivity contribution in [3.63, 3.8) is 0 Å². The fourth-order valence-corrected chi connectivity index (χ4v) is 2.99. The van der Waals surface area contributed by atoms with E-state index in [2.05, 4.69) is 31.0 Å². The monoisotopic (exact) mass is 345 g/mol. The number of carbonyl (C=O) groups excluding carboxylic acids is 2.